The van der Waals surface area contributed by atoms with E-state index in [1.807, 2.05) is 32.0 Å². The number of carbonyl (C=O) groups is 2. The van der Waals surface area contributed by atoms with E-state index in [1.165, 1.54) is 0 Å². The molecule has 6 heteroatoms. The molecule has 0 saturated carbocycles. The van der Waals surface area contributed by atoms with Crippen LogP contribution in [0.4, 0.5) is 5.69 Å². The van der Waals surface area contributed by atoms with E-state index >= 15 is 0 Å². The molecular weight excluding hydrogens is 344 g/mol. The third-order valence-electron chi connectivity index (χ3n) is 4.51. The number of carbonyl (C=O) groups excluding carboxylic acids is 2. The molecule has 1 aliphatic rings. The molecule has 0 aliphatic carbocycles. The van der Waals surface area contributed by atoms with Crippen LogP contribution in [0, 0.1) is 0 Å². The topological polar surface area (TPSA) is 76.7 Å². The first kappa shape index (κ1) is 18.8. The van der Waals surface area contributed by atoms with Crippen molar-refractivity contribution in [2.24, 2.45) is 0 Å². The monoisotopic (exact) mass is 368 g/mol. The van der Waals surface area contributed by atoms with E-state index in [2.05, 4.69) is 10.6 Å². The highest BCUT2D eigenvalue weighted by molar-refractivity contribution is 6.03. The van der Waals surface area contributed by atoms with Gasteiger partial charge in [-0.2, -0.15) is 0 Å². The van der Waals surface area contributed by atoms with Gasteiger partial charge < -0.3 is 20.1 Å². The minimum absolute atomic E-state index is 0.0762. The van der Waals surface area contributed by atoms with Crippen molar-refractivity contribution in [2.45, 2.75) is 39.2 Å². The summed E-state index contributed by atoms with van der Waals surface area (Å²) in [6.45, 7) is 4.19. The lowest BCUT2D eigenvalue weighted by Gasteiger charge is -2.14. The maximum Gasteiger partial charge on any atom is 0.253 e. The molecule has 0 aromatic heterocycles. The molecule has 0 spiro atoms. The van der Waals surface area contributed by atoms with E-state index in [4.69, 9.17) is 9.47 Å². The molecule has 0 saturated heterocycles. The summed E-state index contributed by atoms with van der Waals surface area (Å²) in [6, 6.07) is 12.8. The van der Waals surface area contributed by atoms with Gasteiger partial charge in [-0.3, -0.25) is 9.59 Å². The van der Waals surface area contributed by atoms with Gasteiger partial charge in [0, 0.05) is 12.5 Å². The molecule has 0 fully saturated rings. The quantitative estimate of drug-likeness (QED) is 0.784. The molecule has 2 amide bonds. The zero-order valence-corrected chi connectivity index (χ0v) is 15.6. The predicted octanol–water partition coefficient (Wildman–Crippen LogP) is 3.51. The normalized spacial score (nSPS) is 13.1. The van der Waals surface area contributed by atoms with Crippen molar-refractivity contribution in [1.29, 1.82) is 0 Å². The number of benzene rings is 2. The van der Waals surface area contributed by atoms with Gasteiger partial charge in [-0.15, -0.1) is 0 Å². The summed E-state index contributed by atoms with van der Waals surface area (Å²) in [5.41, 5.74) is 1.99. The zero-order valence-electron chi connectivity index (χ0n) is 15.6. The average Bonchev–Trinajstić information content (AvgIpc) is 3.14. The van der Waals surface area contributed by atoms with E-state index in [9.17, 15) is 9.59 Å². The van der Waals surface area contributed by atoms with E-state index in [-0.39, 0.29) is 24.6 Å². The fraction of sp³-hybridized carbons (Fsp3) is 0.333. The second-order valence-corrected chi connectivity index (χ2v) is 6.56. The van der Waals surface area contributed by atoms with Gasteiger partial charge in [0.15, 0.2) is 11.5 Å². The fourth-order valence-electron chi connectivity index (χ4n) is 2.76. The van der Waals surface area contributed by atoms with Gasteiger partial charge >= 0.3 is 0 Å². The summed E-state index contributed by atoms with van der Waals surface area (Å²) >= 11 is 0. The van der Waals surface area contributed by atoms with Gasteiger partial charge in [0.25, 0.3) is 5.91 Å². The predicted molar refractivity (Wildman–Crippen MR) is 103 cm³/mol. The summed E-state index contributed by atoms with van der Waals surface area (Å²) in [5.74, 6) is 1.11. The molecule has 2 N–H and O–H groups in total. The van der Waals surface area contributed by atoms with Gasteiger partial charge in [0.1, 0.15) is 0 Å². The van der Waals surface area contributed by atoms with E-state index in [0.717, 1.165) is 17.7 Å². The number of para-hydroxylation sites is 1. The number of aryl methyl sites for hydroxylation is 1. The smallest absolute Gasteiger partial charge is 0.253 e. The Kier molecular flexibility index (Phi) is 5.96. The van der Waals surface area contributed by atoms with Crippen molar-refractivity contribution in [3.63, 3.8) is 0 Å². The van der Waals surface area contributed by atoms with E-state index < -0.39 is 0 Å². The number of amides is 2. The second kappa shape index (κ2) is 8.58. The average molecular weight is 368 g/mol. The molecule has 2 aromatic rings. The molecule has 0 radical (unpaired) electrons. The minimum atomic E-state index is -0.184. The largest absolute Gasteiger partial charge is 0.454 e. The number of nitrogens with one attached hydrogen (secondary N) is 2. The van der Waals surface area contributed by atoms with Crippen LogP contribution in [-0.4, -0.2) is 24.6 Å². The molecule has 2 aromatic carbocycles. The summed E-state index contributed by atoms with van der Waals surface area (Å²) in [6.07, 6.45) is 1.72. The molecule has 27 heavy (non-hydrogen) atoms. The Balaban J connectivity index is 1.60. The van der Waals surface area contributed by atoms with Crippen LogP contribution in [-0.2, 0) is 11.2 Å². The molecule has 0 bridgehead atoms. The SMILES string of the molecule is CCC(C)NC(=O)c1ccccc1NC(=O)CCc1ccc2c(c1)OCO2. The lowest BCUT2D eigenvalue weighted by Crippen LogP contribution is -2.32. The minimum Gasteiger partial charge on any atom is -0.454 e. The van der Waals surface area contributed by atoms with E-state index in [0.29, 0.717) is 29.8 Å². The van der Waals surface area contributed by atoms with Gasteiger partial charge in [0.2, 0.25) is 12.7 Å². The Hall–Kier alpha value is -3.02. The van der Waals surface area contributed by atoms with Crippen LogP contribution in [0.1, 0.15) is 42.6 Å². The number of hydrogen-bond acceptors (Lipinski definition) is 4. The van der Waals surface area contributed by atoms with Crippen molar-refractivity contribution in [3.05, 3.63) is 53.6 Å². The highest BCUT2D eigenvalue weighted by Gasteiger charge is 2.16. The maximum atomic E-state index is 12.4. The molecule has 1 heterocycles. The lowest BCUT2D eigenvalue weighted by atomic mass is 10.1. The van der Waals surface area contributed by atoms with Crippen LogP contribution in [0.15, 0.2) is 42.5 Å². The molecule has 3 rings (SSSR count). The number of anilines is 1. The van der Waals surface area contributed by atoms with Gasteiger partial charge in [-0.05, 0) is 49.6 Å². The first-order valence-electron chi connectivity index (χ1n) is 9.15. The Labute approximate surface area is 158 Å². The second-order valence-electron chi connectivity index (χ2n) is 6.56. The van der Waals surface area contributed by atoms with Gasteiger partial charge in [-0.25, -0.2) is 0 Å². The number of hydrogen-bond donors (Lipinski definition) is 2. The Bertz CT molecular complexity index is 835. The number of rotatable bonds is 7. The van der Waals surface area contributed by atoms with Crippen LogP contribution in [0.3, 0.4) is 0 Å². The molecule has 142 valence electrons. The standard InChI is InChI=1S/C21H24N2O4/c1-3-14(2)22-21(25)16-6-4-5-7-17(16)23-20(24)11-9-15-8-10-18-19(12-15)27-13-26-18/h4-8,10,12,14H,3,9,11,13H2,1-2H3,(H,22,25)(H,23,24). The zero-order chi connectivity index (χ0) is 19.2. The fourth-order valence-corrected chi connectivity index (χ4v) is 2.76. The van der Waals surface area contributed by atoms with Crippen molar-refractivity contribution in [1.82, 2.24) is 5.32 Å². The summed E-state index contributed by atoms with van der Waals surface area (Å²) in [5, 5.41) is 5.77. The van der Waals surface area contributed by atoms with Crippen molar-refractivity contribution in [3.8, 4) is 11.5 Å². The van der Waals surface area contributed by atoms with Crippen LogP contribution >= 0.6 is 0 Å². The van der Waals surface area contributed by atoms with Crippen molar-refractivity contribution < 1.29 is 19.1 Å². The molecular formula is C21H24N2O4. The first-order chi connectivity index (χ1) is 13.1. The number of ether oxygens (including phenoxy) is 2. The Morgan fingerprint density at radius 3 is 2.70 bits per heavy atom. The van der Waals surface area contributed by atoms with Crippen LogP contribution in [0.25, 0.3) is 0 Å². The summed E-state index contributed by atoms with van der Waals surface area (Å²) < 4.78 is 10.6. The Morgan fingerprint density at radius 2 is 1.89 bits per heavy atom. The molecule has 1 unspecified atom stereocenters. The Morgan fingerprint density at radius 1 is 1.11 bits per heavy atom. The number of fused-ring (bicyclic) bond motifs is 1. The summed E-state index contributed by atoms with van der Waals surface area (Å²) in [4.78, 5) is 24.8. The lowest BCUT2D eigenvalue weighted by molar-refractivity contribution is -0.116. The van der Waals surface area contributed by atoms with Crippen molar-refractivity contribution in [2.75, 3.05) is 12.1 Å². The molecule has 6 nitrogen and oxygen atoms in total. The van der Waals surface area contributed by atoms with Crippen LogP contribution < -0.4 is 20.1 Å². The molecule has 1 aliphatic heterocycles. The summed E-state index contributed by atoms with van der Waals surface area (Å²) in [7, 11) is 0. The van der Waals surface area contributed by atoms with Crippen molar-refractivity contribution >= 4 is 17.5 Å². The maximum absolute atomic E-state index is 12.4. The third-order valence-corrected chi connectivity index (χ3v) is 4.51. The third kappa shape index (κ3) is 4.78. The van der Waals surface area contributed by atoms with Gasteiger partial charge in [0.05, 0.1) is 11.3 Å². The highest BCUT2D eigenvalue weighted by atomic mass is 16.7. The van der Waals surface area contributed by atoms with Crippen LogP contribution in [0.2, 0.25) is 0 Å². The van der Waals surface area contributed by atoms with Crippen LogP contribution in [0.5, 0.6) is 11.5 Å². The highest BCUT2D eigenvalue weighted by Crippen LogP contribution is 2.32. The first-order valence-corrected chi connectivity index (χ1v) is 9.15. The van der Waals surface area contributed by atoms with Gasteiger partial charge in [-0.1, -0.05) is 25.1 Å². The molecule has 1 atom stereocenters. The van der Waals surface area contributed by atoms with E-state index in [1.54, 1.807) is 24.3 Å².